The maximum Gasteiger partial charge on any atom is 0.223 e. The molecule has 4 rings (SSSR count). The molecule has 3 aromatic rings. The summed E-state index contributed by atoms with van der Waals surface area (Å²) in [5, 5.41) is 0. The predicted molar refractivity (Wildman–Crippen MR) is 110 cm³/mol. The minimum absolute atomic E-state index is 0.215. The molecule has 1 fully saturated rings. The summed E-state index contributed by atoms with van der Waals surface area (Å²) in [7, 11) is 0. The van der Waals surface area contributed by atoms with Crippen molar-refractivity contribution in [1.82, 2.24) is 9.80 Å². The zero-order valence-electron chi connectivity index (χ0n) is 16.0. The fourth-order valence-corrected chi connectivity index (χ4v) is 3.96. The van der Waals surface area contributed by atoms with Gasteiger partial charge in [-0.15, -0.1) is 0 Å². The smallest absolute Gasteiger partial charge is 0.223 e. The molecular formula is C24H26N2O2. The van der Waals surface area contributed by atoms with Crippen molar-refractivity contribution in [2.45, 2.75) is 18.9 Å². The third-order valence-corrected chi connectivity index (χ3v) is 5.43. The summed E-state index contributed by atoms with van der Waals surface area (Å²) in [6, 6.07) is 25.3. The second-order valence-electron chi connectivity index (χ2n) is 7.22. The number of furan rings is 1. The Kier molecular flexibility index (Phi) is 5.88. The molecule has 4 nitrogen and oxygen atoms in total. The van der Waals surface area contributed by atoms with E-state index >= 15 is 0 Å². The molecule has 1 amide bonds. The molecule has 0 atom stereocenters. The molecule has 0 N–H and O–H groups in total. The zero-order chi connectivity index (χ0) is 19.2. The molecule has 0 unspecified atom stereocenters. The highest BCUT2D eigenvalue weighted by Gasteiger charge is 2.27. The fraction of sp³-hybridized carbons (Fsp3) is 0.292. The van der Waals surface area contributed by atoms with Gasteiger partial charge in [-0.25, -0.2) is 0 Å². The van der Waals surface area contributed by atoms with Crippen LogP contribution in [0.5, 0.6) is 0 Å². The van der Waals surface area contributed by atoms with Crippen LogP contribution in [0, 0.1) is 0 Å². The van der Waals surface area contributed by atoms with Gasteiger partial charge in [0.1, 0.15) is 5.76 Å². The normalized spacial score (nSPS) is 15.1. The molecule has 0 spiro atoms. The molecular weight excluding hydrogens is 348 g/mol. The molecule has 0 radical (unpaired) electrons. The summed E-state index contributed by atoms with van der Waals surface area (Å²) in [5.41, 5.74) is 2.59. The number of aryl methyl sites for hydroxylation is 1. The van der Waals surface area contributed by atoms with Crippen molar-refractivity contribution in [2.24, 2.45) is 0 Å². The van der Waals surface area contributed by atoms with Crippen LogP contribution in [0.3, 0.4) is 0 Å². The van der Waals surface area contributed by atoms with Gasteiger partial charge in [-0.05, 0) is 23.3 Å². The Balaban J connectivity index is 1.41. The Morgan fingerprint density at radius 1 is 0.821 bits per heavy atom. The molecule has 0 bridgehead atoms. The van der Waals surface area contributed by atoms with Crippen LogP contribution >= 0.6 is 0 Å². The summed E-state index contributed by atoms with van der Waals surface area (Å²) < 4.78 is 5.34. The summed E-state index contributed by atoms with van der Waals surface area (Å²) in [5.74, 6) is 1.09. The van der Waals surface area contributed by atoms with Gasteiger partial charge in [0.15, 0.2) is 0 Å². The lowest BCUT2D eigenvalue weighted by Gasteiger charge is -2.39. The zero-order valence-corrected chi connectivity index (χ0v) is 16.0. The molecule has 0 aliphatic carbocycles. The van der Waals surface area contributed by atoms with Crippen LogP contribution in [0.4, 0.5) is 0 Å². The molecule has 1 aliphatic heterocycles. The summed E-state index contributed by atoms with van der Waals surface area (Å²) in [4.78, 5) is 17.1. The number of hydrogen-bond donors (Lipinski definition) is 0. The lowest BCUT2D eigenvalue weighted by molar-refractivity contribution is -0.133. The molecule has 2 aromatic carbocycles. The van der Waals surface area contributed by atoms with Crippen molar-refractivity contribution in [2.75, 3.05) is 26.2 Å². The average Bonchev–Trinajstić information content (AvgIpc) is 3.28. The van der Waals surface area contributed by atoms with Crippen molar-refractivity contribution in [1.29, 1.82) is 0 Å². The minimum Gasteiger partial charge on any atom is -0.469 e. The van der Waals surface area contributed by atoms with E-state index < -0.39 is 0 Å². The van der Waals surface area contributed by atoms with Crippen molar-refractivity contribution >= 4 is 5.91 Å². The molecule has 1 aliphatic rings. The highest BCUT2D eigenvalue weighted by Crippen LogP contribution is 2.29. The Morgan fingerprint density at radius 2 is 1.43 bits per heavy atom. The third kappa shape index (κ3) is 4.34. The summed E-state index contributed by atoms with van der Waals surface area (Å²) >= 11 is 0. The van der Waals surface area contributed by atoms with E-state index in [-0.39, 0.29) is 11.9 Å². The quantitative estimate of drug-likeness (QED) is 0.650. The number of piperazine rings is 1. The maximum atomic E-state index is 12.6. The van der Waals surface area contributed by atoms with E-state index in [9.17, 15) is 4.79 Å². The number of hydrogen-bond acceptors (Lipinski definition) is 3. The number of carbonyl (C=O) groups excluding carboxylic acids is 1. The van der Waals surface area contributed by atoms with E-state index in [1.54, 1.807) is 6.26 Å². The monoisotopic (exact) mass is 374 g/mol. The SMILES string of the molecule is O=C(CCc1ccco1)N1CCN(C(c2ccccc2)c2ccccc2)CC1. The van der Waals surface area contributed by atoms with Crippen LogP contribution < -0.4 is 0 Å². The van der Waals surface area contributed by atoms with Crippen LogP contribution in [0.1, 0.15) is 29.3 Å². The topological polar surface area (TPSA) is 36.7 Å². The average molecular weight is 374 g/mol. The van der Waals surface area contributed by atoms with Crippen LogP contribution in [-0.2, 0) is 11.2 Å². The Hall–Kier alpha value is -2.85. The molecule has 144 valence electrons. The lowest BCUT2D eigenvalue weighted by Crippen LogP contribution is -2.49. The highest BCUT2D eigenvalue weighted by molar-refractivity contribution is 5.76. The van der Waals surface area contributed by atoms with Gasteiger partial charge in [0.2, 0.25) is 5.91 Å². The fourth-order valence-electron chi connectivity index (χ4n) is 3.96. The second-order valence-corrected chi connectivity index (χ2v) is 7.22. The van der Waals surface area contributed by atoms with E-state index in [0.29, 0.717) is 12.8 Å². The molecule has 4 heteroatoms. The first kappa shape index (κ1) is 18.5. The van der Waals surface area contributed by atoms with Crippen LogP contribution in [0.25, 0.3) is 0 Å². The first-order chi connectivity index (χ1) is 13.8. The van der Waals surface area contributed by atoms with Gasteiger partial charge in [-0.1, -0.05) is 60.7 Å². The number of amides is 1. The van der Waals surface area contributed by atoms with E-state index in [1.807, 2.05) is 17.0 Å². The Labute approximate surface area is 166 Å². The van der Waals surface area contributed by atoms with Gasteiger partial charge in [-0.3, -0.25) is 9.69 Å². The number of benzene rings is 2. The van der Waals surface area contributed by atoms with Crippen molar-refractivity contribution in [3.05, 3.63) is 95.9 Å². The van der Waals surface area contributed by atoms with Crippen LogP contribution in [0.15, 0.2) is 83.5 Å². The molecule has 1 aromatic heterocycles. The van der Waals surface area contributed by atoms with E-state index in [0.717, 1.165) is 31.9 Å². The third-order valence-electron chi connectivity index (χ3n) is 5.43. The van der Waals surface area contributed by atoms with Gasteiger partial charge in [0.25, 0.3) is 0 Å². The number of carbonyl (C=O) groups is 1. The van der Waals surface area contributed by atoms with Crippen molar-refractivity contribution in [3.63, 3.8) is 0 Å². The first-order valence-corrected chi connectivity index (χ1v) is 9.95. The van der Waals surface area contributed by atoms with Gasteiger partial charge in [0.05, 0.1) is 12.3 Å². The Morgan fingerprint density at radius 3 is 1.96 bits per heavy atom. The largest absolute Gasteiger partial charge is 0.469 e. The van der Waals surface area contributed by atoms with Gasteiger partial charge in [0, 0.05) is 39.0 Å². The minimum atomic E-state index is 0.215. The molecule has 2 heterocycles. The number of rotatable bonds is 6. The highest BCUT2D eigenvalue weighted by atomic mass is 16.3. The van der Waals surface area contributed by atoms with Crippen molar-refractivity contribution in [3.8, 4) is 0 Å². The lowest BCUT2D eigenvalue weighted by atomic mass is 9.96. The van der Waals surface area contributed by atoms with E-state index in [2.05, 4.69) is 65.6 Å². The first-order valence-electron chi connectivity index (χ1n) is 9.95. The molecule has 1 saturated heterocycles. The van der Waals surface area contributed by atoms with Gasteiger partial charge >= 0.3 is 0 Å². The molecule has 28 heavy (non-hydrogen) atoms. The van der Waals surface area contributed by atoms with Crippen LogP contribution in [0.2, 0.25) is 0 Å². The summed E-state index contributed by atoms with van der Waals surface area (Å²) in [6.07, 6.45) is 2.84. The predicted octanol–water partition coefficient (Wildman–Crippen LogP) is 4.15. The second kappa shape index (κ2) is 8.89. The molecule has 0 saturated carbocycles. The Bertz CT molecular complexity index is 815. The van der Waals surface area contributed by atoms with E-state index in [4.69, 9.17) is 4.42 Å². The van der Waals surface area contributed by atoms with Crippen LogP contribution in [-0.4, -0.2) is 41.9 Å². The number of nitrogens with zero attached hydrogens (tertiary/aromatic N) is 2. The summed E-state index contributed by atoms with van der Waals surface area (Å²) in [6.45, 7) is 3.29. The maximum absolute atomic E-state index is 12.6. The standard InChI is InChI=1S/C24H26N2O2/c27-23(14-13-22-12-7-19-28-22)25-15-17-26(18-16-25)24(20-8-3-1-4-9-20)21-10-5-2-6-11-21/h1-12,19,24H,13-18H2. The van der Waals surface area contributed by atoms with Gasteiger partial charge in [-0.2, -0.15) is 0 Å². The van der Waals surface area contributed by atoms with E-state index in [1.165, 1.54) is 11.1 Å². The van der Waals surface area contributed by atoms with Gasteiger partial charge < -0.3 is 9.32 Å². The van der Waals surface area contributed by atoms with Crippen molar-refractivity contribution < 1.29 is 9.21 Å².